The van der Waals surface area contributed by atoms with Gasteiger partial charge in [-0.3, -0.25) is 4.79 Å². The molecule has 17 heavy (non-hydrogen) atoms. The first-order valence-electron chi connectivity index (χ1n) is 6.94. The van der Waals surface area contributed by atoms with E-state index in [1.54, 1.807) is 0 Å². The summed E-state index contributed by atoms with van der Waals surface area (Å²) in [4.78, 5) is 11.5. The van der Waals surface area contributed by atoms with Crippen LogP contribution < -0.4 is 5.32 Å². The van der Waals surface area contributed by atoms with Gasteiger partial charge in [-0.05, 0) is 25.7 Å². The Hall–Kier alpha value is -0.570. The number of hydrogen-bond acceptors (Lipinski definition) is 3. The molecule has 1 fully saturated rings. The summed E-state index contributed by atoms with van der Waals surface area (Å²) in [5.41, 5.74) is 0. The van der Waals surface area contributed by atoms with Gasteiger partial charge in [0.05, 0.1) is 13.0 Å². The second-order valence-electron chi connectivity index (χ2n) is 5.33. The molecule has 4 unspecified atom stereocenters. The Kier molecular flexibility index (Phi) is 5.96. The van der Waals surface area contributed by atoms with Gasteiger partial charge in [-0.15, -0.1) is 0 Å². The van der Waals surface area contributed by atoms with Gasteiger partial charge in [0.2, 0.25) is 0 Å². The van der Waals surface area contributed by atoms with Gasteiger partial charge in [0.25, 0.3) is 0 Å². The summed E-state index contributed by atoms with van der Waals surface area (Å²) in [6.45, 7) is 6.29. The summed E-state index contributed by atoms with van der Waals surface area (Å²) in [6.07, 6.45) is 6.48. The normalized spacial score (nSPS) is 28.5. The molecule has 0 amide bonds. The van der Waals surface area contributed by atoms with Crippen LogP contribution in [-0.2, 0) is 9.53 Å². The fourth-order valence-corrected chi connectivity index (χ4v) is 2.79. The smallest absolute Gasteiger partial charge is 0.309 e. The molecule has 0 aromatic heterocycles. The Labute approximate surface area is 105 Å². The van der Waals surface area contributed by atoms with E-state index in [-0.39, 0.29) is 17.9 Å². The number of methoxy groups -OCH3 is 1. The number of carbonyl (C=O) groups is 1. The van der Waals surface area contributed by atoms with Crippen molar-refractivity contribution in [3.63, 3.8) is 0 Å². The van der Waals surface area contributed by atoms with E-state index in [2.05, 4.69) is 19.2 Å². The highest BCUT2D eigenvalue weighted by atomic mass is 16.5. The van der Waals surface area contributed by atoms with Gasteiger partial charge in [-0.1, -0.05) is 33.1 Å². The fraction of sp³-hybridized carbons (Fsp3) is 0.929. The largest absolute Gasteiger partial charge is 0.469 e. The van der Waals surface area contributed by atoms with Crippen LogP contribution in [0.2, 0.25) is 0 Å². The van der Waals surface area contributed by atoms with E-state index in [1.165, 1.54) is 39.2 Å². The number of hydrogen-bond donors (Lipinski definition) is 1. The Morgan fingerprint density at radius 1 is 1.35 bits per heavy atom. The van der Waals surface area contributed by atoms with E-state index in [0.717, 1.165) is 5.92 Å². The highest BCUT2D eigenvalue weighted by Crippen LogP contribution is 2.27. The standard InChI is InChI=1S/C14H27NO2/c1-5-12-8-6-7-9-13(12)15-11(3)10(2)14(16)17-4/h10-13,15H,5-9H2,1-4H3. The summed E-state index contributed by atoms with van der Waals surface area (Å²) in [5, 5.41) is 3.63. The Morgan fingerprint density at radius 3 is 2.59 bits per heavy atom. The minimum absolute atomic E-state index is 0.0700. The molecule has 1 saturated carbocycles. The number of ether oxygens (including phenoxy) is 1. The van der Waals surface area contributed by atoms with E-state index in [1.807, 2.05) is 6.92 Å². The third-order valence-electron chi connectivity index (χ3n) is 4.23. The maximum Gasteiger partial charge on any atom is 0.309 e. The maximum atomic E-state index is 11.5. The van der Waals surface area contributed by atoms with E-state index < -0.39 is 0 Å². The number of rotatable bonds is 5. The maximum absolute atomic E-state index is 11.5. The molecule has 1 rings (SSSR count). The van der Waals surface area contributed by atoms with Crippen LogP contribution in [0.25, 0.3) is 0 Å². The van der Waals surface area contributed by atoms with Crippen LogP contribution in [0.5, 0.6) is 0 Å². The van der Waals surface area contributed by atoms with E-state index in [0.29, 0.717) is 6.04 Å². The lowest BCUT2D eigenvalue weighted by Gasteiger charge is -2.35. The summed E-state index contributed by atoms with van der Waals surface area (Å²) >= 11 is 0. The molecule has 100 valence electrons. The molecule has 4 atom stereocenters. The molecule has 1 aliphatic rings. The quantitative estimate of drug-likeness (QED) is 0.752. The second kappa shape index (κ2) is 7.00. The molecular weight excluding hydrogens is 214 g/mol. The van der Waals surface area contributed by atoms with Crippen LogP contribution >= 0.6 is 0 Å². The summed E-state index contributed by atoms with van der Waals surface area (Å²) in [5.74, 6) is 0.587. The van der Waals surface area contributed by atoms with Crippen LogP contribution in [0.1, 0.15) is 52.9 Å². The SMILES string of the molecule is CCC1CCCCC1NC(C)C(C)C(=O)OC. The lowest BCUT2D eigenvalue weighted by Crippen LogP contribution is -2.47. The highest BCUT2D eigenvalue weighted by molar-refractivity contribution is 5.72. The van der Waals surface area contributed by atoms with Crippen molar-refractivity contribution in [3.05, 3.63) is 0 Å². The monoisotopic (exact) mass is 241 g/mol. The Bertz CT molecular complexity index is 242. The highest BCUT2D eigenvalue weighted by Gasteiger charge is 2.28. The van der Waals surface area contributed by atoms with Crippen LogP contribution in [-0.4, -0.2) is 25.2 Å². The first-order chi connectivity index (χ1) is 8.10. The third kappa shape index (κ3) is 3.98. The van der Waals surface area contributed by atoms with Crippen LogP contribution in [0.15, 0.2) is 0 Å². The molecule has 3 nitrogen and oxygen atoms in total. The molecule has 0 radical (unpaired) electrons. The Balaban J connectivity index is 2.48. The van der Waals surface area contributed by atoms with E-state index >= 15 is 0 Å². The molecule has 0 heterocycles. The molecule has 0 aromatic carbocycles. The molecule has 1 N–H and O–H groups in total. The molecule has 3 heteroatoms. The summed E-state index contributed by atoms with van der Waals surface area (Å²) in [7, 11) is 1.46. The lowest BCUT2D eigenvalue weighted by atomic mass is 9.82. The molecule has 1 aliphatic carbocycles. The van der Waals surface area contributed by atoms with Crippen molar-refractivity contribution in [1.29, 1.82) is 0 Å². The fourth-order valence-electron chi connectivity index (χ4n) is 2.79. The van der Waals surface area contributed by atoms with E-state index in [4.69, 9.17) is 4.74 Å². The van der Waals surface area contributed by atoms with Crippen molar-refractivity contribution >= 4 is 5.97 Å². The van der Waals surface area contributed by atoms with Crippen molar-refractivity contribution < 1.29 is 9.53 Å². The van der Waals surface area contributed by atoms with Gasteiger partial charge >= 0.3 is 5.97 Å². The number of nitrogens with one attached hydrogen (secondary N) is 1. The third-order valence-corrected chi connectivity index (χ3v) is 4.23. The molecule has 0 spiro atoms. The zero-order chi connectivity index (χ0) is 12.8. The zero-order valence-corrected chi connectivity index (χ0v) is 11.7. The zero-order valence-electron chi connectivity index (χ0n) is 11.7. The lowest BCUT2D eigenvalue weighted by molar-refractivity contribution is -0.145. The predicted molar refractivity (Wildman–Crippen MR) is 69.8 cm³/mol. The van der Waals surface area contributed by atoms with Crippen molar-refractivity contribution in [3.8, 4) is 0 Å². The number of carbonyl (C=O) groups excluding carboxylic acids is 1. The summed E-state index contributed by atoms with van der Waals surface area (Å²) in [6, 6.07) is 0.774. The van der Waals surface area contributed by atoms with Gasteiger partial charge in [0.1, 0.15) is 0 Å². The topological polar surface area (TPSA) is 38.3 Å². The van der Waals surface area contributed by atoms with Gasteiger partial charge in [0, 0.05) is 12.1 Å². The molecule has 0 saturated heterocycles. The predicted octanol–water partition coefficient (Wildman–Crippen LogP) is 2.74. The minimum Gasteiger partial charge on any atom is -0.469 e. The first-order valence-corrected chi connectivity index (χ1v) is 6.94. The summed E-state index contributed by atoms with van der Waals surface area (Å²) < 4.78 is 4.80. The second-order valence-corrected chi connectivity index (χ2v) is 5.33. The average molecular weight is 241 g/mol. The molecular formula is C14H27NO2. The minimum atomic E-state index is -0.117. The van der Waals surface area contributed by atoms with Crippen LogP contribution in [0, 0.1) is 11.8 Å². The van der Waals surface area contributed by atoms with Crippen molar-refractivity contribution in [1.82, 2.24) is 5.32 Å². The van der Waals surface area contributed by atoms with Crippen LogP contribution in [0.3, 0.4) is 0 Å². The molecule has 0 bridgehead atoms. The number of esters is 1. The van der Waals surface area contributed by atoms with Crippen molar-refractivity contribution in [2.24, 2.45) is 11.8 Å². The molecule has 0 aromatic rings. The van der Waals surface area contributed by atoms with Gasteiger partial charge in [-0.2, -0.15) is 0 Å². The van der Waals surface area contributed by atoms with E-state index in [9.17, 15) is 4.79 Å². The van der Waals surface area contributed by atoms with Crippen molar-refractivity contribution in [2.45, 2.75) is 65.0 Å². The van der Waals surface area contributed by atoms with Gasteiger partial charge in [0.15, 0.2) is 0 Å². The Morgan fingerprint density at radius 2 is 2.00 bits per heavy atom. The molecule has 0 aliphatic heterocycles. The van der Waals surface area contributed by atoms with Gasteiger partial charge in [-0.25, -0.2) is 0 Å². The van der Waals surface area contributed by atoms with Crippen molar-refractivity contribution in [2.75, 3.05) is 7.11 Å². The van der Waals surface area contributed by atoms with Gasteiger partial charge < -0.3 is 10.1 Å². The van der Waals surface area contributed by atoms with Crippen LogP contribution in [0.4, 0.5) is 0 Å². The first kappa shape index (κ1) is 14.5. The average Bonchev–Trinajstić information content (AvgIpc) is 2.37.